The van der Waals surface area contributed by atoms with Gasteiger partial charge in [0.15, 0.2) is 9.84 Å². The Hall–Kier alpha value is -1.40. The molecule has 1 aliphatic heterocycles. The number of rotatable bonds is 2. The van der Waals surface area contributed by atoms with Crippen molar-refractivity contribution in [3.8, 4) is 0 Å². The fourth-order valence-electron chi connectivity index (χ4n) is 2.46. The molecular weight excluding hydrogens is 250 g/mol. The van der Waals surface area contributed by atoms with Crippen LogP contribution in [0.1, 0.15) is 29.3 Å². The second-order valence-corrected chi connectivity index (χ2v) is 6.97. The van der Waals surface area contributed by atoms with Crippen LogP contribution in [0.3, 0.4) is 0 Å². The Balaban J connectivity index is 2.08. The van der Waals surface area contributed by atoms with Gasteiger partial charge in [-0.05, 0) is 24.5 Å². The van der Waals surface area contributed by atoms with Gasteiger partial charge in [-0.25, -0.2) is 13.4 Å². The van der Waals surface area contributed by atoms with Gasteiger partial charge in [-0.1, -0.05) is 6.07 Å². The summed E-state index contributed by atoms with van der Waals surface area (Å²) in [5.74, 6) is 0.277. The van der Waals surface area contributed by atoms with E-state index in [0.29, 0.717) is 18.7 Å². The Morgan fingerprint density at radius 1 is 1.39 bits per heavy atom. The molecule has 0 amide bonds. The quantitative estimate of drug-likeness (QED) is 0.880. The minimum absolute atomic E-state index is 0.277. The van der Waals surface area contributed by atoms with Crippen LogP contribution in [-0.4, -0.2) is 23.6 Å². The molecule has 0 bridgehead atoms. The number of imidazole rings is 1. The molecule has 2 N–H and O–H groups in total. The highest BCUT2D eigenvalue weighted by Crippen LogP contribution is 2.33. The van der Waals surface area contributed by atoms with Crippen LogP contribution in [0.2, 0.25) is 0 Å². The van der Waals surface area contributed by atoms with E-state index in [1.807, 2.05) is 28.9 Å². The minimum atomic E-state index is -3.00. The van der Waals surface area contributed by atoms with Crippen molar-refractivity contribution in [1.82, 2.24) is 9.38 Å². The zero-order valence-electron chi connectivity index (χ0n) is 9.91. The Morgan fingerprint density at radius 2 is 2.22 bits per heavy atom. The molecule has 1 aliphatic rings. The lowest BCUT2D eigenvalue weighted by Crippen LogP contribution is -2.08. The van der Waals surface area contributed by atoms with E-state index in [1.54, 1.807) is 0 Å². The van der Waals surface area contributed by atoms with E-state index in [2.05, 4.69) is 4.98 Å². The standard InChI is InChI=1S/C12H15N3O2S/c13-6-9-3-4-12-14-10(8-15(12)7-9)11-2-1-5-18(11,16)17/h3-4,7-8,11H,1-2,5-6,13H2. The van der Waals surface area contributed by atoms with Gasteiger partial charge in [-0.15, -0.1) is 0 Å². The van der Waals surface area contributed by atoms with Crippen molar-refractivity contribution in [2.24, 2.45) is 5.73 Å². The summed E-state index contributed by atoms with van der Waals surface area (Å²) in [7, 11) is -3.00. The first-order valence-electron chi connectivity index (χ1n) is 5.99. The van der Waals surface area contributed by atoms with Crippen molar-refractivity contribution in [2.75, 3.05) is 5.75 Å². The Bertz CT molecular complexity index is 690. The first-order chi connectivity index (χ1) is 8.60. The molecule has 0 saturated carbocycles. The predicted octanol–water partition coefficient (Wildman–Crippen LogP) is 1.04. The summed E-state index contributed by atoms with van der Waals surface area (Å²) in [5, 5.41) is -0.432. The number of aromatic nitrogens is 2. The zero-order chi connectivity index (χ0) is 12.8. The van der Waals surface area contributed by atoms with E-state index in [0.717, 1.165) is 17.6 Å². The third kappa shape index (κ3) is 1.81. The molecule has 1 fully saturated rings. The molecule has 0 radical (unpaired) electrons. The number of sulfone groups is 1. The fraction of sp³-hybridized carbons (Fsp3) is 0.417. The lowest BCUT2D eigenvalue weighted by molar-refractivity contribution is 0.591. The van der Waals surface area contributed by atoms with Gasteiger partial charge < -0.3 is 10.1 Å². The Kier molecular flexibility index (Phi) is 2.64. The number of nitrogens with two attached hydrogens (primary N) is 1. The van der Waals surface area contributed by atoms with Crippen LogP contribution in [0.4, 0.5) is 0 Å². The van der Waals surface area contributed by atoms with Gasteiger partial charge in [0.1, 0.15) is 10.9 Å². The van der Waals surface area contributed by atoms with Crippen molar-refractivity contribution in [3.63, 3.8) is 0 Å². The van der Waals surface area contributed by atoms with Gasteiger partial charge >= 0.3 is 0 Å². The highest BCUT2D eigenvalue weighted by Gasteiger charge is 2.34. The second-order valence-electron chi connectivity index (χ2n) is 4.67. The molecule has 2 aromatic heterocycles. The average Bonchev–Trinajstić information content (AvgIpc) is 2.90. The number of pyridine rings is 1. The smallest absolute Gasteiger partial charge is 0.158 e. The van der Waals surface area contributed by atoms with E-state index < -0.39 is 15.1 Å². The maximum absolute atomic E-state index is 11.9. The molecule has 1 atom stereocenters. The van der Waals surface area contributed by atoms with Crippen LogP contribution in [0, 0.1) is 0 Å². The van der Waals surface area contributed by atoms with Gasteiger partial charge in [0, 0.05) is 18.9 Å². The summed E-state index contributed by atoms with van der Waals surface area (Å²) in [5.41, 5.74) is 8.01. The van der Waals surface area contributed by atoms with Crippen molar-refractivity contribution in [2.45, 2.75) is 24.6 Å². The summed E-state index contributed by atoms with van der Waals surface area (Å²) in [6.45, 7) is 0.463. The SMILES string of the molecule is NCc1ccc2nc(C3CCCS3(=O)=O)cn2c1. The third-order valence-corrected chi connectivity index (χ3v) is 5.63. The van der Waals surface area contributed by atoms with Gasteiger partial charge in [-0.3, -0.25) is 0 Å². The Morgan fingerprint density at radius 3 is 2.89 bits per heavy atom. The van der Waals surface area contributed by atoms with Gasteiger partial charge in [-0.2, -0.15) is 0 Å². The van der Waals surface area contributed by atoms with Gasteiger partial charge in [0.2, 0.25) is 0 Å². The number of hydrogen-bond acceptors (Lipinski definition) is 4. The molecule has 0 spiro atoms. The number of fused-ring (bicyclic) bond motifs is 1. The molecule has 0 aromatic carbocycles. The van der Waals surface area contributed by atoms with Crippen molar-refractivity contribution >= 4 is 15.5 Å². The molecule has 96 valence electrons. The molecule has 3 heterocycles. The highest BCUT2D eigenvalue weighted by molar-refractivity contribution is 7.91. The molecule has 3 rings (SSSR count). The Labute approximate surface area is 106 Å². The number of hydrogen-bond donors (Lipinski definition) is 1. The van der Waals surface area contributed by atoms with E-state index in [9.17, 15) is 8.42 Å². The summed E-state index contributed by atoms with van der Waals surface area (Å²) in [4.78, 5) is 4.41. The molecule has 2 aromatic rings. The van der Waals surface area contributed by atoms with Crippen molar-refractivity contribution in [3.05, 3.63) is 35.8 Å². The van der Waals surface area contributed by atoms with Crippen LogP contribution in [0.15, 0.2) is 24.5 Å². The largest absolute Gasteiger partial charge is 0.326 e. The summed E-state index contributed by atoms with van der Waals surface area (Å²) < 4.78 is 25.6. The van der Waals surface area contributed by atoms with Gasteiger partial charge in [0.05, 0.1) is 11.4 Å². The molecule has 5 nitrogen and oxygen atoms in total. The molecule has 6 heteroatoms. The van der Waals surface area contributed by atoms with E-state index in [4.69, 9.17) is 5.73 Å². The van der Waals surface area contributed by atoms with Crippen molar-refractivity contribution in [1.29, 1.82) is 0 Å². The van der Waals surface area contributed by atoms with Gasteiger partial charge in [0.25, 0.3) is 0 Å². The van der Waals surface area contributed by atoms with Crippen LogP contribution in [-0.2, 0) is 16.4 Å². The lowest BCUT2D eigenvalue weighted by Gasteiger charge is -2.03. The number of nitrogens with zero attached hydrogens (tertiary/aromatic N) is 2. The molecule has 1 saturated heterocycles. The molecule has 18 heavy (non-hydrogen) atoms. The van der Waals surface area contributed by atoms with E-state index in [-0.39, 0.29) is 5.75 Å². The van der Waals surface area contributed by atoms with Crippen LogP contribution in [0.5, 0.6) is 0 Å². The normalized spacial score (nSPS) is 22.6. The molecular formula is C12H15N3O2S. The van der Waals surface area contributed by atoms with E-state index >= 15 is 0 Å². The summed E-state index contributed by atoms with van der Waals surface area (Å²) in [6.07, 6.45) is 5.11. The first kappa shape index (κ1) is 11.7. The maximum Gasteiger partial charge on any atom is 0.158 e. The summed E-state index contributed by atoms with van der Waals surface area (Å²) in [6, 6.07) is 3.78. The monoisotopic (exact) mass is 265 g/mol. The molecule has 0 aliphatic carbocycles. The van der Waals surface area contributed by atoms with Crippen LogP contribution < -0.4 is 5.73 Å². The summed E-state index contributed by atoms with van der Waals surface area (Å²) >= 11 is 0. The topological polar surface area (TPSA) is 77.5 Å². The van der Waals surface area contributed by atoms with Crippen molar-refractivity contribution < 1.29 is 8.42 Å². The second kappa shape index (κ2) is 4.07. The van der Waals surface area contributed by atoms with E-state index in [1.165, 1.54) is 0 Å². The van der Waals surface area contributed by atoms with Crippen LogP contribution in [0.25, 0.3) is 5.65 Å². The highest BCUT2D eigenvalue weighted by atomic mass is 32.2. The predicted molar refractivity (Wildman–Crippen MR) is 68.8 cm³/mol. The lowest BCUT2D eigenvalue weighted by atomic mass is 10.2. The fourth-order valence-corrected chi connectivity index (χ4v) is 4.32. The first-order valence-corrected chi connectivity index (χ1v) is 7.71. The third-order valence-electron chi connectivity index (χ3n) is 3.43. The minimum Gasteiger partial charge on any atom is -0.326 e. The van der Waals surface area contributed by atoms with Crippen LogP contribution >= 0.6 is 0 Å². The average molecular weight is 265 g/mol. The maximum atomic E-state index is 11.9. The molecule has 1 unspecified atom stereocenters. The zero-order valence-corrected chi connectivity index (χ0v) is 10.7.